The highest BCUT2D eigenvalue weighted by molar-refractivity contribution is 5.98. The number of aryl methyl sites for hydroxylation is 2. The van der Waals surface area contributed by atoms with Crippen LogP contribution in [0.2, 0.25) is 0 Å². The molecule has 6 heteroatoms. The molecule has 178 valence electrons. The number of hydrogen-bond donors (Lipinski definition) is 0. The predicted molar refractivity (Wildman–Crippen MR) is 143 cm³/mol. The van der Waals surface area contributed by atoms with Gasteiger partial charge in [-0.2, -0.15) is 0 Å². The van der Waals surface area contributed by atoms with Crippen molar-refractivity contribution in [1.29, 1.82) is 0 Å². The van der Waals surface area contributed by atoms with Crippen LogP contribution in [0.4, 0.5) is 0 Å². The third kappa shape index (κ3) is 3.26. The van der Waals surface area contributed by atoms with Crippen LogP contribution in [0, 0.1) is 6.92 Å². The third-order valence-electron chi connectivity index (χ3n) is 6.83. The lowest BCUT2D eigenvalue weighted by Gasteiger charge is -2.28. The second kappa shape index (κ2) is 8.27. The first-order chi connectivity index (χ1) is 17.5. The summed E-state index contributed by atoms with van der Waals surface area (Å²) >= 11 is 0. The molecule has 36 heavy (non-hydrogen) atoms. The van der Waals surface area contributed by atoms with Crippen molar-refractivity contribution in [2.24, 2.45) is 14.1 Å². The van der Waals surface area contributed by atoms with Crippen LogP contribution < -0.4 is 16.0 Å². The largest absolute Gasteiger partial charge is 0.478 e. The van der Waals surface area contributed by atoms with E-state index in [4.69, 9.17) is 4.74 Å². The monoisotopic (exact) mass is 475 g/mol. The molecule has 0 bridgehead atoms. The summed E-state index contributed by atoms with van der Waals surface area (Å²) in [6.45, 7) is 2.03. The molecule has 5 aromatic rings. The number of para-hydroxylation sites is 2. The maximum absolute atomic E-state index is 13.7. The van der Waals surface area contributed by atoms with Crippen LogP contribution in [0.1, 0.15) is 22.9 Å². The fourth-order valence-electron chi connectivity index (χ4n) is 5.02. The molecule has 6 nitrogen and oxygen atoms in total. The van der Waals surface area contributed by atoms with Crippen LogP contribution in [-0.4, -0.2) is 13.7 Å². The van der Waals surface area contributed by atoms with Gasteiger partial charge in [-0.05, 0) is 36.3 Å². The van der Waals surface area contributed by atoms with E-state index in [0.717, 1.165) is 33.8 Å². The van der Waals surface area contributed by atoms with Crippen molar-refractivity contribution in [3.05, 3.63) is 123 Å². The van der Waals surface area contributed by atoms with Crippen LogP contribution in [-0.2, 0) is 14.1 Å². The van der Waals surface area contributed by atoms with Gasteiger partial charge in [0.1, 0.15) is 5.75 Å². The molecule has 0 unspecified atom stereocenters. The predicted octanol–water partition coefficient (Wildman–Crippen LogP) is 5.15. The fraction of sp³-hybridized carbons (Fsp3) is 0.133. The summed E-state index contributed by atoms with van der Waals surface area (Å²) in [4.78, 5) is 26.7. The first-order valence-electron chi connectivity index (χ1n) is 11.9. The zero-order chi connectivity index (χ0) is 25.0. The summed E-state index contributed by atoms with van der Waals surface area (Å²) in [5.74, 6) is 0.711. The molecular formula is C30H25N3O3. The number of nitrogens with zero attached hydrogens (tertiary/aromatic N) is 3. The second-order valence-electron chi connectivity index (χ2n) is 9.14. The first-order valence-corrected chi connectivity index (χ1v) is 11.9. The number of hydrogen-bond acceptors (Lipinski definition) is 3. The number of rotatable bonds is 3. The van der Waals surface area contributed by atoms with Crippen LogP contribution in [0.3, 0.4) is 0 Å². The highest BCUT2D eigenvalue weighted by Crippen LogP contribution is 2.45. The number of fused-ring (bicyclic) bond motifs is 5. The van der Waals surface area contributed by atoms with Gasteiger partial charge in [0.15, 0.2) is 6.10 Å². The van der Waals surface area contributed by atoms with Crippen molar-refractivity contribution in [2.75, 3.05) is 0 Å². The highest BCUT2D eigenvalue weighted by atomic mass is 16.5. The van der Waals surface area contributed by atoms with Crippen LogP contribution in [0.25, 0.3) is 33.9 Å². The molecule has 0 spiro atoms. The van der Waals surface area contributed by atoms with Gasteiger partial charge in [0.25, 0.3) is 5.56 Å². The average Bonchev–Trinajstić information content (AvgIpc) is 3.27. The highest BCUT2D eigenvalue weighted by Gasteiger charge is 2.34. The Morgan fingerprint density at radius 1 is 0.833 bits per heavy atom. The summed E-state index contributed by atoms with van der Waals surface area (Å²) in [6.07, 6.45) is 3.48. The summed E-state index contributed by atoms with van der Waals surface area (Å²) in [6, 6.07) is 25.9. The van der Waals surface area contributed by atoms with E-state index >= 15 is 0 Å². The van der Waals surface area contributed by atoms with E-state index < -0.39 is 6.10 Å². The first kappa shape index (κ1) is 21.9. The Balaban J connectivity index is 1.76. The number of aromatic nitrogens is 3. The number of ether oxygens (including phenoxy) is 1. The van der Waals surface area contributed by atoms with Crippen LogP contribution in [0.5, 0.6) is 5.75 Å². The van der Waals surface area contributed by atoms with E-state index in [9.17, 15) is 9.59 Å². The van der Waals surface area contributed by atoms with E-state index in [-0.39, 0.29) is 11.2 Å². The Kier molecular flexibility index (Phi) is 5.04. The smallest absolute Gasteiger partial charge is 0.331 e. The van der Waals surface area contributed by atoms with Gasteiger partial charge in [-0.25, -0.2) is 4.79 Å². The molecule has 1 aliphatic heterocycles. The van der Waals surface area contributed by atoms with Gasteiger partial charge in [0.05, 0.1) is 28.0 Å². The lowest BCUT2D eigenvalue weighted by atomic mass is 10.1. The van der Waals surface area contributed by atoms with Crippen molar-refractivity contribution in [2.45, 2.75) is 13.0 Å². The van der Waals surface area contributed by atoms with E-state index in [1.165, 1.54) is 11.6 Å². The van der Waals surface area contributed by atoms with Crippen molar-refractivity contribution >= 4 is 17.0 Å². The van der Waals surface area contributed by atoms with Crippen molar-refractivity contribution in [1.82, 2.24) is 13.7 Å². The van der Waals surface area contributed by atoms with Crippen molar-refractivity contribution in [3.63, 3.8) is 0 Å². The molecule has 1 aliphatic rings. The van der Waals surface area contributed by atoms with E-state index in [1.807, 2.05) is 97.9 Å². The van der Waals surface area contributed by atoms with Gasteiger partial charge >= 0.3 is 5.69 Å². The summed E-state index contributed by atoms with van der Waals surface area (Å²) in [7, 11) is 3.24. The Hall–Kier alpha value is -4.58. The summed E-state index contributed by atoms with van der Waals surface area (Å²) in [5.41, 5.74) is 5.28. The SMILES string of the molecule is Cc1ccc(-c2c3c(=O)n(C)c(=O)n(C)c3c3n2-c2ccccc2O[C@H]3/C=C/c2ccccc2)cc1. The average molecular weight is 476 g/mol. The molecule has 3 heterocycles. The molecule has 0 N–H and O–H groups in total. The normalized spacial score (nSPS) is 14.6. The molecule has 2 aromatic heterocycles. The van der Waals surface area contributed by atoms with Crippen molar-refractivity contribution in [3.8, 4) is 22.7 Å². The summed E-state index contributed by atoms with van der Waals surface area (Å²) < 4.78 is 11.3. The van der Waals surface area contributed by atoms with E-state index in [2.05, 4.69) is 4.57 Å². The summed E-state index contributed by atoms with van der Waals surface area (Å²) in [5, 5.41) is 0.497. The van der Waals surface area contributed by atoms with E-state index in [0.29, 0.717) is 16.7 Å². The molecule has 3 aromatic carbocycles. The van der Waals surface area contributed by atoms with Gasteiger partial charge in [0, 0.05) is 14.1 Å². The molecule has 0 radical (unpaired) electrons. The van der Waals surface area contributed by atoms with Gasteiger partial charge in [-0.3, -0.25) is 13.9 Å². The molecular weight excluding hydrogens is 450 g/mol. The van der Waals surface area contributed by atoms with Gasteiger partial charge in [0.2, 0.25) is 0 Å². The topological polar surface area (TPSA) is 58.2 Å². The molecule has 1 atom stereocenters. The minimum absolute atomic E-state index is 0.325. The zero-order valence-electron chi connectivity index (χ0n) is 20.3. The molecule has 0 saturated heterocycles. The lowest BCUT2D eigenvalue weighted by molar-refractivity contribution is 0.238. The van der Waals surface area contributed by atoms with E-state index in [1.54, 1.807) is 11.6 Å². The standard InChI is InChI=1S/C30H25N3O3/c1-19-13-16-21(17-14-19)26-25-28(31(2)30(35)32(3)29(25)34)27-24(18-15-20-9-5-4-6-10-20)36-23-12-8-7-11-22(23)33(26)27/h4-18,24H,1-3H3/b18-15+/t24-/m0/s1. The third-order valence-corrected chi connectivity index (χ3v) is 6.83. The van der Waals surface area contributed by atoms with Gasteiger partial charge < -0.3 is 9.30 Å². The molecule has 0 saturated carbocycles. The van der Waals surface area contributed by atoms with Crippen LogP contribution in [0.15, 0.2) is 94.5 Å². The maximum Gasteiger partial charge on any atom is 0.331 e. The quantitative estimate of drug-likeness (QED) is 0.363. The Morgan fingerprint density at radius 3 is 2.28 bits per heavy atom. The molecule has 6 rings (SSSR count). The number of benzene rings is 3. The van der Waals surface area contributed by atoms with Gasteiger partial charge in [-0.1, -0.05) is 78.4 Å². The zero-order valence-corrected chi connectivity index (χ0v) is 20.3. The Morgan fingerprint density at radius 2 is 1.53 bits per heavy atom. The molecule has 0 amide bonds. The molecule has 0 aliphatic carbocycles. The maximum atomic E-state index is 13.7. The fourth-order valence-corrected chi connectivity index (χ4v) is 5.02. The second-order valence-corrected chi connectivity index (χ2v) is 9.14. The van der Waals surface area contributed by atoms with Crippen LogP contribution >= 0.6 is 0 Å². The Labute approximate surface area is 207 Å². The minimum Gasteiger partial charge on any atom is -0.478 e. The lowest BCUT2D eigenvalue weighted by Crippen LogP contribution is -2.37. The Bertz CT molecular complexity index is 1770. The van der Waals surface area contributed by atoms with Crippen molar-refractivity contribution < 1.29 is 4.74 Å². The molecule has 0 fully saturated rings. The minimum atomic E-state index is -0.514. The van der Waals surface area contributed by atoms with Gasteiger partial charge in [-0.15, -0.1) is 0 Å².